The van der Waals surface area contributed by atoms with E-state index >= 15 is 0 Å². The molecule has 0 N–H and O–H groups in total. The summed E-state index contributed by atoms with van der Waals surface area (Å²) in [4.78, 5) is 31.5. The molecule has 2 aliphatic rings. The average molecular weight is 406 g/mol. The molecule has 0 aliphatic carbocycles. The van der Waals surface area contributed by atoms with Crippen LogP contribution >= 0.6 is 0 Å². The lowest BCUT2D eigenvalue weighted by molar-refractivity contribution is -0.135. The number of benzene rings is 2. The van der Waals surface area contributed by atoms with Gasteiger partial charge in [-0.05, 0) is 42.9 Å². The Balaban J connectivity index is 1.40. The van der Waals surface area contributed by atoms with Gasteiger partial charge in [0.1, 0.15) is 5.54 Å². The predicted molar refractivity (Wildman–Crippen MR) is 118 cm³/mol. The first-order valence-corrected chi connectivity index (χ1v) is 10.9. The monoisotopic (exact) mass is 405 g/mol. The van der Waals surface area contributed by atoms with E-state index in [1.807, 2.05) is 35.2 Å². The van der Waals surface area contributed by atoms with Gasteiger partial charge in [-0.15, -0.1) is 0 Å². The SMILES string of the molecule is CC(CCN1CCC2(CC1)C(=O)N(C)C(=O)N2Cc1ccccc1)c1ccccc1. The maximum atomic E-state index is 13.1. The van der Waals surface area contributed by atoms with Gasteiger partial charge in [-0.2, -0.15) is 0 Å². The number of hydrogen-bond donors (Lipinski definition) is 0. The summed E-state index contributed by atoms with van der Waals surface area (Å²) in [5.74, 6) is 0.471. The van der Waals surface area contributed by atoms with Gasteiger partial charge >= 0.3 is 6.03 Å². The molecule has 0 radical (unpaired) electrons. The minimum absolute atomic E-state index is 0.0410. The number of carbonyl (C=O) groups excluding carboxylic acids is 2. The van der Waals surface area contributed by atoms with Crippen molar-refractivity contribution in [3.05, 3.63) is 71.8 Å². The van der Waals surface area contributed by atoms with Crippen LogP contribution in [0.25, 0.3) is 0 Å². The molecule has 2 aromatic carbocycles. The molecule has 30 heavy (non-hydrogen) atoms. The van der Waals surface area contributed by atoms with Crippen LogP contribution in [-0.4, -0.2) is 58.9 Å². The molecular formula is C25H31N3O2. The lowest BCUT2D eigenvalue weighted by Gasteiger charge is -2.42. The second kappa shape index (κ2) is 8.60. The van der Waals surface area contributed by atoms with Crippen LogP contribution < -0.4 is 0 Å². The number of nitrogens with zero attached hydrogens (tertiary/aromatic N) is 3. The maximum absolute atomic E-state index is 13.1. The number of piperidine rings is 1. The topological polar surface area (TPSA) is 43.9 Å². The van der Waals surface area contributed by atoms with Crippen molar-refractivity contribution in [1.82, 2.24) is 14.7 Å². The minimum Gasteiger partial charge on any atom is -0.305 e. The Labute approximate surface area is 179 Å². The Hall–Kier alpha value is -2.66. The summed E-state index contributed by atoms with van der Waals surface area (Å²) < 4.78 is 0. The largest absolute Gasteiger partial charge is 0.327 e. The third kappa shape index (κ3) is 3.86. The highest BCUT2D eigenvalue weighted by molar-refractivity contribution is 6.06. The molecule has 1 unspecified atom stereocenters. The highest BCUT2D eigenvalue weighted by Gasteiger charge is 2.56. The molecular weight excluding hydrogens is 374 g/mol. The minimum atomic E-state index is -0.691. The molecule has 3 amide bonds. The first kappa shape index (κ1) is 20.6. The van der Waals surface area contributed by atoms with Crippen molar-refractivity contribution in [3.63, 3.8) is 0 Å². The molecule has 2 aliphatic heterocycles. The van der Waals surface area contributed by atoms with E-state index < -0.39 is 5.54 Å². The highest BCUT2D eigenvalue weighted by Crippen LogP contribution is 2.38. The van der Waals surface area contributed by atoms with Crippen LogP contribution in [0.4, 0.5) is 4.79 Å². The second-order valence-electron chi connectivity index (χ2n) is 8.69. The lowest BCUT2D eigenvalue weighted by atomic mass is 9.85. The van der Waals surface area contributed by atoms with Crippen molar-refractivity contribution in [2.24, 2.45) is 0 Å². The molecule has 5 nitrogen and oxygen atoms in total. The van der Waals surface area contributed by atoms with Crippen molar-refractivity contribution < 1.29 is 9.59 Å². The molecule has 158 valence electrons. The van der Waals surface area contributed by atoms with Crippen molar-refractivity contribution in [2.45, 2.75) is 44.2 Å². The van der Waals surface area contributed by atoms with E-state index in [1.165, 1.54) is 10.5 Å². The van der Waals surface area contributed by atoms with Crippen LogP contribution in [0.3, 0.4) is 0 Å². The molecule has 1 atom stereocenters. The molecule has 0 bridgehead atoms. The first-order chi connectivity index (χ1) is 14.5. The Morgan fingerprint density at radius 2 is 1.53 bits per heavy atom. The molecule has 2 saturated heterocycles. The van der Waals surface area contributed by atoms with Crippen LogP contribution in [0, 0.1) is 0 Å². The van der Waals surface area contributed by atoms with Crippen LogP contribution in [0.1, 0.15) is 43.2 Å². The zero-order chi connectivity index (χ0) is 21.1. The van der Waals surface area contributed by atoms with Crippen molar-refractivity contribution in [3.8, 4) is 0 Å². The summed E-state index contributed by atoms with van der Waals surface area (Å²) in [7, 11) is 1.62. The quantitative estimate of drug-likeness (QED) is 0.680. The summed E-state index contributed by atoms with van der Waals surface area (Å²) in [5.41, 5.74) is 1.74. The number of rotatable bonds is 6. The van der Waals surface area contributed by atoms with Gasteiger partial charge in [0.15, 0.2) is 0 Å². The molecule has 2 heterocycles. The number of amides is 3. The summed E-state index contributed by atoms with van der Waals surface area (Å²) >= 11 is 0. The molecule has 2 aromatic rings. The van der Waals surface area contributed by atoms with Crippen LogP contribution in [0.2, 0.25) is 0 Å². The van der Waals surface area contributed by atoms with Gasteiger partial charge in [0, 0.05) is 26.7 Å². The fourth-order valence-electron chi connectivity index (χ4n) is 4.82. The summed E-state index contributed by atoms with van der Waals surface area (Å²) in [5, 5.41) is 0. The van der Waals surface area contributed by atoms with E-state index in [2.05, 4.69) is 42.2 Å². The lowest BCUT2D eigenvalue weighted by Crippen LogP contribution is -2.56. The van der Waals surface area contributed by atoms with Gasteiger partial charge in [-0.3, -0.25) is 9.69 Å². The number of urea groups is 1. The number of imide groups is 1. The second-order valence-corrected chi connectivity index (χ2v) is 8.69. The normalized spacial score (nSPS) is 20.2. The number of likely N-dealkylation sites (tertiary alicyclic amines) is 1. The van der Waals surface area contributed by atoms with Gasteiger partial charge < -0.3 is 9.80 Å². The summed E-state index contributed by atoms with van der Waals surface area (Å²) in [6.07, 6.45) is 2.50. The Bertz CT molecular complexity index is 876. The predicted octanol–water partition coefficient (Wildman–Crippen LogP) is 4.11. The standard InChI is InChI=1S/C25H31N3O2/c1-20(22-11-7-4-8-12-22)13-16-27-17-14-25(15-18-27)23(29)26(2)24(30)28(25)19-21-9-5-3-6-10-21/h3-12,20H,13-19H2,1-2H3. The molecule has 0 aromatic heterocycles. The zero-order valence-electron chi connectivity index (χ0n) is 18.0. The van der Waals surface area contributed by atoms with Gasteiger partial charge in [-0.1, -0.05) is 67.6 Å². The third-order valence-electron chi connectivity index (χ3n) is 6.85. The molecule has 4 rings (SSSR count). The highest BCUT2D eigenvalue weighted by atomic mass is 16.2. The van der Waals surface area contributed by atoms with E-state index in [1.54, 1.807) is 7.05 Å². The van der Waals surface area contributed by atoms with Crippen molar-refractivity contribution in [1.29, 1.82) is 0 Å². The van der Waals surface area contributed by atoms with Crippen molar-refractivity contribution >= 4 is 11.9 Å². The van der Waals surface area contributed by atoms with Crippen molar-refractivity contribution in [2.75, 3.05) is 26.7 Å². The fourth-order valence-corrected chi connectivity index (χ4v) is 4.82. The average Bonchev–Trinajstić information content (AvgIpc) is 2.96. The van der Waals surface area contributed by atoms with Gasteiger partial charge in [0.2, 0.25) is 0 Å². The molecule has 5 heteroatoms. The van der Waals surface area contributed by atoms with Gasteiger partial charge in [-0.25, -0.2) is 4.79 Å². The first-order valence-electron chi connectivity index (χ1n) is 10.9. The fraction of sp³-hybridized carbons (Fsp3) is 0.440. The summed E-state index contributed by atoms with van der Waals surface area (Å²) in [6.45, 7) is 5.47. The van der Waals surface area contributed by atoms with E-state index in [0.29, 0.717) is 25.3 Å². The van der Waals surface area contributed by atoms with E-state index in [9.17, 15) is 9.59 Å². The van der Waals surface area contributed by atoms with Crippen LogP contribution in [0.15, 0.2) is 60.7 Å². The maximum Gasteiger partial charge on any atom is 0.327 e. The van der Waals surface area contributed by atoms with E-state index in [-0.39, 0.29) is 11.9 Å². The summed E-state index contributed by atoms with van der Waals surface area (Å²) in [6, 6.07) is 20.4. The van der Waals surface area contributed by atoms with E-state index in [4.69, 9.17) is 0 Å². The van der Waals surface area contributed by atoms with Crippen LogP contribution in [0.5, 0.6) is 0 Å². The van der Waals surface area contributed by atoms with Gasteiger partial charge in [0.05, 0.1) is 0 Å². The number of likely N-dealkylation sites (N-methyl/N-ethyl adjacent to an activating group) is 1. The smallest absolute Gasteiger partial charge is 0.305 e. The Morgan fingerprint density at radius 1 is 0.933 bits per heavy atom. The zero-order valence-corrected chi connectivity index (χ0v) is 18.0. The van der Waals surface area contributed by atoms with Gasteiger partial charge in [0.25, 0.3) is 5.91 Å². The van der Waals surface area contributed by atoms with Crippen LogP contribution in [-0.2, 0) is 11.3 Å². The molecule has 0 saturated carbocycles. The Morgan fingerprint density at radius 3 is 2.17 bits per heavy atom. The molecule has 1 spiro atoms. The number of carbonyl (C=O) groups is 2. The third-order valence-corrected chi connectivity index (χ3v) is 6.85. The molecule has 2 fully saturated rings. The van der Waals surface area contributed by atoms with E-state index in [0.717, 1.165) is 31.6 Å². The Kier molecular flexibility index (Phi) is 5.91. The number of hydrogen-bond acceptors (Lipinski definition) is 3.